The summed E-state index contributed by atoms with van der Waals surface area (Å²) in [4.78, 5) is 12.3. The van der Waals surface area contributed by atoms with Gasteiger partial charge in [-0.05, 0) is 35.7 Å². The molecule has 1 aliphatic rings. The minimum Gasteiger partial charge on any atom is -0.389 e. The molecular weight excluding hydrogens is 338 g/mol. The molecule has 1 aliphatic heterocycles. The van der Waals surface area contributed by atoms with E-state index in [2.05, 4.69) is 17.4 Å². The fourth-order valence-corrected chi connectivity index (χ4v) is 5.40. The zero-order chi connectivity index (χ0) is 16.9. The van der Waals surface area contributed by atoms with E-state index in [1.807, 2.05) is 59.9 Å². The van der Waals surface area contributed by atoms with Crippen LogP contribution in [0.15, 0.2) is 48.5 Å². The minimum atomic E-state index is -0.469. The number of thioether (sulfide) groups is 2. The van der Waals surface area contributed by atoms with Crippen LogP contribution in [0.1, 0.15) is 44.7 Å². The Hall–Kier alpha value is -1.43. The molecule has 0 saturated carbocycles. The number of amides is 1. The van der Waals surface area contributed by atoms with Crippen molar-refractivity contribution < 1.29 is 9.90 Å². The monoisotopic (exact) mass is 359 g/mol. The number of hydrogen-bond donors (Lipinski definition) is 2. The highest BCUT2D eigenvalue weighted by atomic mass is 32.2. The lowest BCUT2D eigenvalue weighted by molar-refractivity contribution is 0.0951. The molecule has 0 unspecified atom stereocenters. The molecule has 3 rings (SSSR count). The Kier molecular flexibility index (Phi) is 5.87. The van der Waals surface area contributed by atoms with Crippen LogP contribution in [-0.4, -0.2) is 22.5 Å². The number of carbonyl (C=O) groups excluding carboxylic acids is 1. The summed E-state index contributed by atoms with van der Waals surface area (Å²) in [7, 11) is 0. The molecule has 1 heterocycles. The number of rotatable bonds is 5. The Morgan fingerprint density at radius 3 is 2.33 bits per heavy atom. The Labute approximate surface area is 151 Å². The van der Waals surface area contributed by atoms with Crippen molar-refractivity contribution >= 4 is 29.4 Å². The molecule has 1 saturated heterocycles. The lowest BCUT2D eigenvalue weighted by atomic mass is 10.1. The first-order chi connectivity index (χ1) is 11.6. The van der Waals surface area contributed by atoms with Crippen molar-refractivity contribution in [1.29, 1.82) is 0 Å². The lowest BCUT2D eigenvalue weighted by Crippen LogP contribution is -2.22. The fraction of sp³-hybridized carbons (Fsp3) is 0.316. The number of aliphatic hydroxyl groups is 1. The summed E-state index contributed by atoms with van der Waals surface area (Å²) in [5.41, 5.74) is 3.87. The molecule has 0 aromatic heterocycles. The van der Waals surface area contributed by atoms with Gasteiger partial charge in [0.1, 0.15) is 0 Å². The van der Waals surface area contributed by atoms with Crippen LogP contribution in [0.5, 0.6) is 0 Å². The summed E-state index contributed by atoms with van der Waals surface area (Å²) in [6.07, 6.45) is -0.469. The molecule has 0 radical (unpaired) electrons. The third-order valence-electron chi connectivity index (χ3n) is 3.98. The first kappa shape index (κ1) is 17.4. The summed E-state index contributed by atoms with van der Waals surface area (Å²) in [5.74, 6) is 2.34. The number of aliphatic hydroxyl groups excluding tert-OH is 1. The summed E-state index contributed by atoms with van der Waals surface area (Å²) in [6.45, 7) is 2.22. The first-order valence-electron chi connectivity index (χ1n) is 8.02. The molecule has 0 bridgehead atoms. The second-order valence-corrected chi connectivity index (χ2v) is 8.52. The van der Waals surface area contributed by atoms with Gasteiger partial charge in [-0.25, -0.2) is 0 Å². The molecular formula is C19H21NO2S2. The van der Waals surface area contributed by atoms with E-state index in [4.69, 9.17) is 0 Å². The molecule has 1 amide bonds. The number of carbonyl (C=O) groups is 1. The second kappa shape index (κ2) is 8.10. The van der Waals surface area contributed by atoms with Gasteiger partial charge in [-0.15, -0.1) is 23.5 Å². The van der Waals surface area contributed by atoms with Gasteiger partial charge in [-0.2, -0.15) is 0 Å². The van der Waals surface area contributed by atoms with E-state index >= 15 is 0 Å². The second-order valence-electron chi connectivity index (χ2n) is 5.80. The molecule has 1 fully saturated rings. The molecule has 2 N–H and O–H groups in total. The van der Waals surface area contributed by atoms with E-state index in [0.29, 0.717) is 16.7 Å². The smallest absolute Gasteiger partial charge is 0.251 e. The van der Waals surface area contributed by atoms with Gasteiger partial charge in [0.05, 0.1) is 10.7 Å². The molecule has 0 spiro atoms. The Morgan fingerprint density at radius 1 is 1.12 bits per heavy atom. The van der Waals surface area contributed by atoms with E-state index in [-0.39, 0.29) is 5.91 Å². The number of benzene rings is 2. The third-order valence-corrected chi connectivity index (χ3v) is 7.09. The predicted molar refractivity (Wildman–Crippen MR) is 102 cm³/mol. The van der Waals surface area contributed by atoms with Crippen LogP contribution in [0.4, 0.5) is 0 Å². The highest BCUT2D eigenvalue weighted by molar-refractivity contribution is 8.19. The molecule has 126 valence electrons. The van der Waals surface area contributed by atoms with Crippen LogP contribution >= 0.6 is 23.5 Å². The van der Waals surface area contributed by atoms with Gasteiger partial charge < -0.3 is 10.4 Å². The van der Waals surface area contributed by atoms with Gasteiger partial charge in [0, 0.05) is 23.6 Å². The summed E-state index contributed by atoms with van der Waals surface area (Å²) in [6, 6.07) is 15.6. The Bertz CT molecular complexity index is 678. The maximum atomic E-state index is 12.3. The summed E-state index contributed by atoms with van der Waals surface area (Å²) in [5, 5.41) is 12.5. The van der Waals surface area contributed by atoms with Gasteiger partial charge in [0.15, 0.2) is 0 Å². The van der Waals surface area contributed by atoms with Crippen LogP contribution in [0.2, 0.25) is 0 Å². The minimum absolute atomic E-state index is 0.0621. The van der Waals surface area contributed by atoms with Crippen molar-refractivity contribution in [2.24, 2.45) is 0 Å². The Morgan fingerprint density at radius 2 is 1.75 bits per heavy atom. The molecule has 1 atom stereocenters. The quantitative estimate of drug-likeness (QED) is 0.842. The normalized spacial score (nSPS) is 16.1. The number of nitrogens with one attached hydrogen (secondary N) is 1. The zero-order valence-corrected chi connectivity index (χ0v) is 15.2. The summed E-state index contributed by atoms with van der Waals surface area (Å²) < 4.78 is 0.509. The van der Waals surface area contributed by atoms with Crippen LogP contribution in [0.3, 0.4) is 0 Å². The first-order valence-corrected chi connectivity index (χ1v) is 10.1. The lowest BCUT2D eigenvalue weighted by Gasteiger charge is -2.10. The molecule has 24 heavy (non-hydrogen) atoms. The van der Waals surface area contributed by atoms with Crippen molar-refractivity contribution in [3.8, 4) is 0 Å². The van der Waals surface area contributed by atoms with E-state index < -0.39 is 6.10 Å². The number of hydrogen-bond acceptors (Lipinski definition) is 4. The van der Waals surface area contributed by atoms with Crippen molar-refractivity contribution in [3.63, 3.8) is 0 Å². The summed E-state index contributed by atoms with van der Waals surface area (Å²) >= 11 is 3.93. The van der Waals surface area contributed by atoms with E-state index in [0.717, 1.165) is 11.1 Å². The van der Waals surface area contributed by atoms with Crippen LogP contribution in [-0.2, 0) is 6.54 Å². The Balaban J connectivity index is 1.56. The average molecular weight is 360 g/mol. The fourth-order valence-electron chi connectivity index (χ4n) is 2.54. The topological polar surface area (TPSA) is 49.3 Å². The van der Waals surface area contributed by atoms with Gasteiger partial charge in [-0.3, -0.25) is 4.79 Å². The highest BCUT2D eigenvalue weighted by Crippen LogP contribution is 2.45. The van der Waals surface area contributed by atoms with Gasteiger partial charge in [0.25, 0.3) is 5.91 Å². The van der Waals surface area contributed by atoms with Crippen LogP contribution < -0.4 is 5.32 Å². The predicted octanol–water partition coefficient (Wildman–Crippen LogP) is 4.15. The molecule has 5 heteroatoms. The van der Waals surface area contributed by atoms with Crippen molar-refractivity contribution in [2.45, 2.75) is 24.2 Å². The maximum Gasteiger partial charge on any atom is 0.251 e. The van der Waals surface area contributed by atoms with E-state index in [9.17, 15) is 9.90 Å². The SMILES string of the molecule is C[C@@H](O)c1ccc(CNC(=O)c2ccc(C3SCCS3)cc2)cc1. The van der Waals surface area contributed by atoms with Crippen molar-refractivity contribution in [3.05, 3.63) is 70.8 Å². The molecule has 0 aliphatic carbocycles. The largest absolute Gasteiger partial charge is 0.389 e. The van der Waals surface area contributed by atoms with Crippen LogP contribution in [0, 0.1) is 0 Å². The molecule has 2 aromatic carbocycles. The van der Waals surface area contributed by atoms with Gasteiger partial charge >= 0.3 is 0 Å². The van der Waals surface area contributed by atoms with Gasteiger partial charge in [0.2, 0.25) is 0 Å². The van der Waals surface area contributed by atoms with E-state index in [1.54, 1.807) is 6.92 Å². The average Bonchev–Trinajstić information content (AvgIpc) is 3.15. The van der Waals surface area contributed by atoms with Crippen molar-refractivity contribution in [2.75, 3.05) is 11.5 Å². The van der Waals surface area contributed by atoms with Crippen LogP contribution in [0.25, 0.3) is 0 Å². The third kappa shape index (κ3) is 4.35. The zero-order valence-electron chi connectivity index (χ0n) is 13.6. The molecule has 3 nitrogen and oxygen atoms in total. The van der Waals surface area contributed by atoms with Gasteiger partial charge in [-0.1, -0.05) is 36.4 Å². The van der Waals surface area contributed by atoms with E-state index in [1.165, 1.54) is 17.1 Å². The van der Waals surface area contributed by atoms with Crippen molar-refractivity contribution in [1.82, 2.24) is 5.32 Å². The highest BCUT2D eigenvalue weighted by Gasteiger charge is 2.18. The standard InChI is InChI=1S/C19H21NO2S2/c1-13(21)15-4-2-14(3-5-15)12-20-18(22)16-6-8-17(9-7-16)19-23-10-11-24-19/h2-9,13,19,21H,10-12H2,1H3,(H,20,22)/t13-/m1/s1. The molecule has 2 aromatic rings. The maximum absolute atomic E-state index is 12.3.